The number of pyridine rings is 1. The second-order valence-corrected chi connectivity index (χ2v) is 5.62. The number of urea groups is 1. The first-order chi connectivity index (χ1) is 9.65. The van der Waals surface area contributed by atoms with Gasteiger partial charge < -0.3 is 15.4 Å². The molecule has 1 fully saturated rings. The lowest BCUT2D eigenvalue weighted by molar-refractivity contribution is 0.0350. The van der Waals surface area contributed by atoms with Crippen molar-refractivity contribution in [2.75, 3.05) is 38.2 Å². The van der Waals surface area contributed by atoms with Crippen LogP contribution < -0.4 is 10.6 Å². The molecule has 0 radical (unpaired) electrons. The summed E-state index contributed by atoms with van der Waals surface area (Å²) in [6.07, 6.45) is 3.28. The van der Waals surface area contributed by atoms with E-state index in [9.17, 15) is 4.79 Å². The summed E-state index contributed by atoms with van der Waals surface area (Å²) in [7, 11) is 0. The molecule has 1 aliphatic heterocycles. The molecular formula is C13H19BrN4O2. The van der Waals surface area contributed by atoms with Gasteiger partial charge in [-0.05, 0) is 28.9 Å². The first kappa shape index (κ1) is 15.2. The maximum Gasteiger partial charge on any atom is 0.319 e. The lowest BCUT2D eigenvalue weighted by Crippen LogP contribution is -2.47. The smallest absolute Gasteiger partial charge is 0.319 e. The zero-order valence-electron chi connectivity index (χ0n) is 11.4. The molecule has 1 atom stereocenters. The highest BCUT2D eigenvalue weighted by Crippen LogP contribution is 2.19. The second-order valence-electron chi connectivity index (χ2n) is 4.77. The van der Waals surface area contributed by atoms with Crippen LogP contribution in [-0.4, -0.2) is 54.8 Å². The largest absolute Gasteiger partial charge is 0.379 e. The summed E-state index contributed by atoms with van der Waals surface area (Å²) in [5, 5.41) is 5.73. The van der Waals surface area contributed by atoms with Crippen molar-refractivity contribution in [3.05, 3.63) is 22.9 Å². The van der Waals surface area contributed by atoms with Gasteiger partial charge in [-0.2, -0.15) is 0 Å². The number of carbonyl (C=O) groups excluding carboxylic acids is 1. The number of anilines is 1. The molecule has 0 aliphatic carbocycles. The molecule has 2 N–H and O–H groups in total. The molecule has 0 bridgehead atoms. The molecule has 1 unspecified atom stereocenters. The van der Waals surface area contributed by atoms with E-state index in [4.69, 9.17) is 4.74 Å². The van der Waals surface area contributed by atoms with Gasteiger partial charge in [0.25, 0.3) is 0 Å². The van der Waals surface area contributed by atoms with Crippen LogP contribution in [0, 0.1) is 0 Å². The van der Waals surface area contributed by atoms with Crippen molar-refractivity contribution in [3.63, 3.8) is 0 Å². The van der Waals surface area contributed by atoms with E-state index in [1.165, 1.54) is 0 Å². The van der Waals surface area contributed by atoms with Crippen molar-refractivity contribution in [3.8, 4) is 0 Å². The molecule has 6 nitrogen and oxygen atoms in total. The predicted octanol–water partition coefficient (Wildman–Crippen LogP) is 1.69. The Morgan fingerprint density at radius 2 is 2.30 bits per heavy atom. The highest BCUT2D eigenvalue weighted by molar-refractivity contribution is 9.10. The third-order valence-electron chi connectivity index (χ3n) is 3.03. The van der Waals surface area contributed by atoms with Crippen LogP contribution in [0.1, 0.15) is 6.92 Å². The summed E-state index contributed by atoms with van der Waals surface area (Å²) in [4.78, 5) is 18.2. The van der Waals surface area contributed by atoms with Gasteiger partial charge in [0, 0.05) is 38.1 Å². The van der Waals surface area contributed by atoms with Crippen molar-refractivity contribution in [1.29, 1.82) is 0 Å². The number of nitrogens with zero attached hydrogens (tertiary/aromatic N) is 2. The molecule has 0 saturated carbocycles. The van der Waals surface area contributed by atoms with Crippen molar-refractivity contribution >= 4 is 27.6 Å². The van der Waals surface area contributed by atoms with Gasteiger partial charge in [0.1, 0.15) is 0 Å². The number of nitrogens with one attached hydrogen (secondary N) is 2. The van der Waals surface area contributed by atoms with Gasteiger partial charge in [-0.15, -0.1) is 0 Å². The van der Waals surface area contributed by atoms with Crippen molar-refractivity contribution in [2.24, 2.45) is 0 Å². The molecular weight excluding hydrogens is 324 g/mol. The minimum Gasteiger partial charge on any atom is -0.379 e. The third-order valence-corrected chi connectivity index (χ3v) is 3.67. The highest BCUT2D eigenvalue weighted by Gasteiger charge is 2.15. The Hall–Kier alpha value is -1.18. The standard InChI is InChI=1S/C13H19BrN4O2/c1-10(9-18-4-6-20-7-5-18)16-13(19)17-12-2-3-15-8-11(12)14/h2-3,8,10H,4-7,9H2,1H3,(H2,15,16,17,19). The molecule has 110 valence electrons. The van der Waals surface area contributed by atoms with Gasteiger partial charge in [0.2, 0.25) is 0 Å². The van der Waals surface area contributed by atoms with E-state index in [1.807, 2.05) is 6.92 Å². The number of halogens is 1. The minimum atomic E-state index is -0.211. The number of hydrogen-bond donors (Lipinski definition) is 2. The summed E-state index contributed by atoms with van der Waals surface area (Å²) < 4.78 is 6.06. The minimum absolute atomic E-state index is 0.0775. The second kappa shape index (κ2) is 7.56. The SMILES string of the molecule is CC(CN1CCOCC1)NC(=O)Nc1ccncc1Br. The zero-order chi connectivity index (χ0) is 14.4. The van der Waals surface area contributed by atoms with E-state index in [0.29, 0.717) is 5.69 Å². The number of morpholine rings is 1. The summed E-state index contributed by atoms with van der Waals surface area (Å²) in [5.41, 5.74) is 0.705. The van der Waals surface area contributed by atoms with Crippen LogP contribution in [-0.2, 0) is 4.74 Å². The lowest BCUT2D eigenvalue weighted by Gasteiger charge is -2.29. The first-order valence-electron chi connectivity index (χ1n) is 6.62. The molecule has 7 heteroatoms. The molecule has 20 heavy (non-hydrogen) atoms. The van der Waals surface area contributed by atoms with Crippen LogP contribution in [0.15, 0.2) is 22.9 Å². The Bertz CT molecular complexity index is 452. The van der Waals surface area contributed by atoms with E-state index < -0.39 is 0 Å². The van der Waals surface area contributed by atoms with Crippen LogP contribution in [0.25, 0.3) is 0 Å². The molecule has 1 saturated heterocycles. The van der Waals surface area contributed by atoms with Crippen molar-refractivity contribution in [1.82, 2.24) is 15.2 Å². The molecule has 0 spiro atoms. The molecule has 2 rings (SSSR count). The zero-order valence-corrected chi connectivity index (χ0v) is 13.0. The molecule has 1 aromatic heterocycles. The molecule has 1 aromatic rings. The van der Waals surface area contributed by atoms with Gasteiger partial charge in [-0.1, -0.05) is 0 Å². The van der Waals surface area contributed by atoms with Gasteiger partial charge in [0.15, 0.2) is 0 Å². The molecule has 0 aromatic carbocycles. The highest BCUT2D eigenvalue weighted by atomic mass is 79.9. The predicted molar refractivity (Wildman–Crippen MR) is 80.8 cm³/mol. The van der Waals surface area contributed by atoms with Crippen LogP contribution >= 0.6 is 15.9 Å². The maximum atomic E-state index is 11.9. The Morgan fingerprint density at radius 3 is 3.00 bits per heavy atom. The van der Waals surface area contributed by atoms with Gasteiger partial charge in [-0.25, -0.2) is 4.79 Å². The normalized spacial score (nSPS) is 17.5. The Kier molecular flexibility index (Phi) is 5.75. The van der Waals surface area contributed by atoms with E-state index in [-0.39, 0.29) is 12.1 Å². The first-order valence-corrected chi connectivity index (χ1v) is 7.41. The fourth-order valence-corrected chi connectivity index (χ4v) is 2.42. The van der Waals surface area contributed by atoms with E-state index in [2.05, 4.69) is 36.4 Å². The molecule has 2 heterocycles. The van der Waals surface area contributed by atoms with E-state index >= 15 is 0 Å². The Balaban J connectivity index is 1.77. The Labute approximate surface area is 127 Å². The van der Waals surface area contributed by atoms with Crippen molar-refractivity contribution in [2.45, 2.75) is 13.0 Å². The van der Waals surface area contributed by atoms with E-state index in [0.717, 1.165) is 37.3 Å². The maximum absolute atomic E-state index is 11.9. The quantitative estimate of drug-likeness (QED) is 0.873. The molecule has 1 aliphatic rings. The Morgan fingerprint density at radius 1 is 1.55 bits per heavy atom. The number of aromatic nitrogens is 1. The monoisotopic (exact) mass is 342 g/mol. The fourth-order valence-electron chi connectivity index (χ4n) is 2.08. The van der Waals surface area contributed by atoms with Gasteiger partial charge in [0.05, 0.1) is 23.4 Å². The van der Waals surface area contributed by atoms with Crippen molar-refractivity contribution < 1.29 is 9.53 Å². The summed E-state index contributed by atoms with van der Waals surface area (Å²) in [6.45, 7) is 6.20. The van der Waals surface area contributed by atoms with Crippen LogP contribution in [0.4, 0.5) is 10.5 Å². The summed E-state index contributed by atoms with van der Waals surface area (Å²) >= 11 is 3.34. The van der Waals surface area contributed by atoms with Gasteiger partial charge in [-0.3, -0.25) is 9.88 Å². The summed E-state index contributed by atoms with van der Waals surface area (Å²) in [6, 6.07) is 1.61. The lowest BCUT2D eigenvalue weighted by atomic mass is 10.3. The third kappa shape index (κ3) is 4.73. The number of rotatable bonds is 4. The average molecular weight is 343 g/mol. The topological polar surface area (TPSA) is 66.5 Å². The van der Waals surface area contributed by atoms with Crippen LogP contribution in [0.2, 0.25) is 0 Å². The van der Waals surface area contributed by atoms with Crippen LogP contribution in [0.5, 0.6) is 0 Å². The average Bonchev–Trinajstić information content (AvgIpc) is 2.42. The number of amides is 2. The number of hydrogen-bond acceptors (Lipinski definition) is 4. The van der Waals surface area contributed by atoms with Gasteiger partial charge >= 0.3 is 6.03 Å². The fraction of sp³-hybridized carbons (Fsp3) is 0.538. The molecule has 2 amide bonds. The van der Waals surface area contributed by atoms with E-state index in [1.54, 1.807) is 18.5 Å². The summed E-state index contributed by atoms with van der Waals surface area (Å²) in [5.74, 6) is 0. The number of ether oxygens (including phenoxy) is 1. The number of carbonyl (C=O) groups is 1. The van der Waals surface area contributed by atoms with Crippen LogP contribution in [0.3, 0.4) is 0 Å².